The lowest BCUT2D eigenvalue weighted by Crippen LogP contribution is -2.33. The molecule has 0 spiro atoms. The molecule has 3 unspecified atom stereocenters. The van der Waals surface area contributed by atoms with Crippen LogP contribution in [0.15, 0.2) is 42.5 Å². The number of hydrogen-bond acceptors (Lipinski definition) is 7. The maximum atomic E-state index is 11.0. The zero-order valence-corrected chi connectivity index (χ0v) is 27.8. The van der Waals surface area contributed by atoms with Crippen molar-refractivity contribution in [1.82, 2.24) is 0 Å². The van der Waals surface area contributed by atoms with Crippen LogP contribution in [0.25, 0.3) is 0 Å². The summed E-state index contributed by atoms with van der Waals surface area (Å²) in [6, 6.07) is 10.7. The number of benzene rings is 1. The van der Waals surface area contributed by atoms with Crippen LogP contribution in [0.5, 0.6) is 0 Å². The van der Waals surface area contributed by atoms with Gasteiger partial charge in [-0.05, 0) is 120 Å². The predicted molar refractivity (Wildman–Crippen MR) is 176 cm³/mol. The van der Waals surface area contributed by atoms with Gasteiger partial charge < -0.3 is 33.5 Å². The number of carboxylic acids is 1. The quantitative estimate of drug-likeness (QED) is 0.127. The maximum Gasteiger partial charge on any atom is 0.303 e. The van der Waals surface area contributed by atoms with Gasteiger partial charge in [-0.2, -0.15) is 0 Å². The van der Waals surface area contributed by atoms with Crippen LogP contribution in [0.1, 0.15) is 115 Å². The molecule has 46 heavy (non-hydrogen) atoms. The van der Waals surface area contributed by atoms with Crippen molar-refractivity contribution in [2.24, 2.45) is 11.8 Å². The molecule has 0 bridgehead atoms. The molecule has 1 aliphatic carbocycles. The molecule has 4 aliphatic rings. The first-order valence-electron chi connectivity index (χ1n) is 18.4. The first kappa shape index (κ1) is 35.5. The van der Waals surface area contributed by atoms with E-state index in [2.05, 4.69) is 42.5 Å². The number of carboxylic acid groups (broad SMARTS) is 1. The Morgan fingerprint density at radius 3 is 2.04 bits per heavy atom. The van der Waals surface area contributed by atoms with Crippen molar-refractivity contribution >= 4 is 5.97 Å². The highest BCUT2D eigenvalue weighted by molar-refractivity contribution is 5.66. The molecule has 258 valence electrons. The molecule has 8 heteroatoms. The summed E-state index contributed by atoms with van der Waals surface area (Å²) in [5.41, 5.74) is 1.34. The first-order chi connectivity index (χ1) is 22.6. The Morgan fingerprint density at radius 2 is 1.43 bits per heavy atom. The lowest BCUT2D eigenvalue weighted by atomic mass is 9.85. The van der Waals surface area contributed by atoms with Crippen LogP contribution < -0.4 is 0 Å². The average Bonchev–Trinajstić information content (AvgIpc) is 3.40. The van der Waals surface area contributed by atoms with E-state index in [-0.39, 0.29) is 55.4 Å². The minimum absolute atomic E-state index is 0.0377. The number of ether oxygens (including phenoxy) is 6. The highest BCUT2D eigenvalue weighted by atomic mass is 16.7. The Morgan fingerprint density at radius 1 is 0.804 bits per heavy atom. The molecule has 3 aliphatic heterocycles. The van der Waals surface area contributed by atoms with Crippen molar-refractivity contribution in [1.29, 1.82) is 0 Å². The van der Waals surface area contributed by atoms with E-state index in [1.807, 2.05) is 0 Å². The molecular formula is C38H58O8. The van der Waals surface area contributed by atoms with Crippen LogP contribution in [0.4, 0.5) is 0 Å². The molecule has 3 saturated heterocycles. The fourth-order valence-electron chi connectivity index (χ4n) is 7.60. The van der Waals surface area contributed by atoms with E-state index in [9.17, 15) is 4.79 Å². The van der Waals surface area contributed by atoms with Gasteiger partial charge in [-0.3, -0.25) is 4.79 Å². The molecule has 0 amide bonds. The van der Waals surface area contributed by atoms with E-state index in [1.165, 1.54) is 5.56 Å². The van der Waals surface area contributed by atoms with Gasteiger partial charge in [-0.25, -0.2) is 0 Å². The van der Waals surface area contributed by atoms with Gasteiger partial charge in [0.05, 0.1) is 18.3 Å². The van der Waals surface area contributed by atoms with Gasteiger partial charge in [0.15, 0.2) is 18.9 Å². The lowest BCUT2D eigenvalue weighted by Gasteiger charge is -2.33. The van der Waals surface area contributed by atoms with Crippen LogP contribution in [0.3, 0.4) is 0 Å². The minimum Gasteiger partial charge on any atom is -0.481 e. The van der Waals surface area contributed by atoms with Crippen molar-refractivity contribution in [2.45, 2.75) is 153 Å². The van der Waals surface area contributed by atoms with Gasteiger partial charge in [0, 0.05) is 32.7 Å². The fraction of sp³-hybridized carbons (Fsp3) is 0.763. The molecule has 0 aromatic heterocycles. The van der Waals surface area contributed by atoms with E-state index in [0.717, 1.165) is 123 Å². The summed E-state index contributed by atoms with van der Waals surface area (Å²) >= 11 is 0. The van der Waals surface area contributed by atoms with Crippen LogP contribution in [0.2, 0.25) is 0 Å². The first-order valence-corrected chi connectivity index (χ1v) is 18.4. The Hall–Kier alpha value is -1.81. The SMILES string of the molecule is O=C(O)CCCC=CC[C@@H]1[C@@H](CC[C@H](CCc2ccccc2)OC2CCCCO2)[C@H](OC2CCCCO2)C[C@@H]1OC1CCCCO1. The Balaban J connectivity index is 1.29. The molecule has 4 fully saturated rings. The van der Waals surface area contributed by atoms with Crippen molar-refractivity contribution in [2.75, 3.05) is 19.8 Å². The van der Waals surface area contributed by atoms with Crippen LogP contribution >= 0.6 is 0 Å². The topological polar surface area (TPSA) is 92.7 Å². The van der Waals surface area contributed by atoms with E-state index in [4.69, 9.17) is 33.5 Å². The zero-order valence-electron chi connectivity index (χ0n) is 27.8. The third-order valence-corrected chi connectivity index (χ3v) is 10.1. The summed E-state index contributed by atoms with van der Waals surface area (Å²) in [5.74, 6) is -0.175. The predicted octanol–water partition coefficient (Wildman–Crippen LogP) is 7.97. The highest BCUT2D eigenvalue weighted by Gasteiger charge is 2.46. The summed E-state index contributed by atoms with van der Waals surface area (Å²) < 4.78 is 38.4. The molecule has 1 aromatic rings. The second-order valence-electron chi connectivity index (χ2n) is 13.7. The Kier molecular flexibility index (Phi) is 15.3. The van der Waals surface area contributed by atoms with Crippen molar-refractivity contribution < 1.29 is 38.3 Å². The third-order valence-electron chi connectivity index (χ3n) is 10.1. The molecule has 1 saturated carbocycles. The summed E-state index contributed by atoms with van der Waals surface area (Å²) in [6.45, 7) is 2.30. The summed E-state index contributed by atoms with van der Waals surface area (Å²) in [7, 11) is 0. The van der Waals surface area contributed by atoms with Gasteiger partial charge >= 0.3 is 5.97 Å². The molecule has 1 aromatic carbocycles. The van der Waals surface area contributed by atoms with Gasteiger partial charge in [-0.15, -0.1) is 0 Å². The Labute approximate surface area is 276 Å². The summed E-state index contributed by atoms with van der Waals surface area (Å²) in [4.78, 5) is 11.0. The number of aryl methyl sites for hydroxylation is 1. The van der Waals surface area contributed by atoms with E-state index in [0.29, 0.717) is 6.42 Å². The molecule has 8 nitrogen and oxygen atoms in total. The fourth-order valence-corrected chi connectivity index (χ4v) is 7.60. The van der Waals surface area contributed by atoms with Gasteiger partial charge in [-0.1, -0.05) is 42.5 Å². The third kappa shape index (κ3) is 12.0. The molecular weight excluding hydrogens is 584 g/mol. The number of carbonyl (C=O) groups is 1. The lowest BCUT2D eigenvalue weighted by molar-refractivity contribution is -0.205. The van der Waals surface area contributed by atoms with Crippen molar-refractivity contribution in [3.63, 3.8) is 0 Å². The number of rotatable bonds is 18. The average molecular weight is 643 g/mol. The van der Waals surface area contributed by atoms with E-state index < -0.39 is 5.97 Å². The van der Waals surface area contributed by atoms with E-state index in [1.54, 1.807) is 0 Å². The molecule has 0 radical (unpaired) electrons. The van der Waals surface area contributed by atoms with Gasteiger partial charge in [0.1, 0.15) is 0 Å². The zero-order chi connectivity index (χ0) is 31.8. The molecule has 1 N–H and O–H groups in total. The second-order valence-corrected chi connectivity index (χ2v) is 13.7. The van der Waals surface area contributed by atoms with Crippen molar-refractivity contribution in [3.8, 4) is 0 Å². The van der Waals surface area contributed by atoms with Crippen LogP contribution in [0, 0.1) is 11.8 Å². The summed E-state index contributed by atoms with van der Waals surface area (Å²) in [5, 5.41) is 9.05. The largest absolute Gasteiger partial charge is 0.481 e. The number of unbranched alkanes of at least 4 members (excludes halogenated alkanes) is 1. The number of hydrogen-bond donors (Lipinski definition) is 1. The number of allylic oxidation sites excluding steroid dienone is 2. The molecule has 5 rings (SSSR count). The summed E-state index contributed by atoms with van der Waals surface area (Å²) in [6.07, 6.45) is 20.9. The monoisotopic (exact) mass is 642 g/mol. The van der Waals surface area contributed by atoms with Crippen LogP contribution in [-0.4, -0.2) is 68.1 Å². The smallest absolute Gasteiger partial charge is 0.303 e. The standard InChI is InChI=1S/C38H58O8/c39-35(40)17-7-2-1-6-16-31-32(24-23-30(44-36-18-8-11-25-41-36)22-21-29-14-4-3-5-15-29)34(46-38-20-10-13-27-43-38)28-33(31)45-37-19-9-12-26-42-37/h1,3-6,14-15,30-34,36-38H,2,7-13,16-28H2,(H,39,40)/t30-,31+,32+,33-,34+,36?,37?,38?/m0/s1. The van der Waals surface area contributed by atoms with E-state index >= 15 is 0 Å². The van der Waals surface area contributed by atoms with Crippen LogP contribution in [-0.2, 0) is 39.6 Å². The normalized spacial score (nSPS) is 31.3. The highest BCUT2D eigenvalue weighted by Crippen LogP contribution is 2.44. The maximum absolute atomic E-state index is 11.0. The molecule has 8 atom stereocenters. The van der Waals surface area contributed by atoms with Gasteiger partial charge in [0.25, 0.3) is 0 Å². The Bertz CT molecular complexity index is 999. The minimum atomic E-state index is -0.738. The van der Waals surface area contributed by atoms with Crippen molar-refractivity contribution in [3.05, 3.63) is 48.0 Å². The molecule has 3 heterocycles. The number of aliphatic carboxylic acids is 1. The second kappa shape index (κ2) is 19.9. The van der Waals surface area contributed by atoms with Gasteiger partial charge in [0.2, 0.25) is 0 Å².